The molecule has 0 fully saturated rings. The van der Waals surface area contributed by atoms with Crippen molar-refractivity contribution in [3.8, 4) is 0 Å². The molecule has 0 saturated carbocycles. The van der Waals surface area contributed by atoms with Gasteiger partial charge in [0.15, 0.2) is 0 Å². The maximum Gasteiger partial charge on any atom is 0.241 e. The van der Waals surface area contributed by atoms with Crippen LogP contribution in [0.15, 0.2) is 83.8 Å². The smallest absolute Gasteiger partial charge is 0.241 e. The molecule has 0 aliphatic heterocycles. The Morgan fingerprint density at radius 2 is 1.45 bits per heavy atom. The fraction of sp³-hybridized carbons (Fsp3) is 0.240. The van der Waals surface area contributed by atoms with Crippen LogP contribution in [0.1, 0.15) is 48.9 Å². The van der Waals surface area contributed by atoms with Crippen molar-refractivity contribution in [2.75, 3.05) is 5.32 Å². The van der Waals surface area contributed by atoms with Gasteiger partial charge in [-0.3, -0.25) is 4.79 Å². The molecule has 0 aliphatic carbocycles. The lowest BCUT2D eigenvalue weighted by molar-refractivity contribution is -0.116. The molecule has 5 nitrogen and oxygen atoms in total. The van der Waals surface area contributed by atoms with Crippen molar-refractivity contribution in [2.45, 2.75) is 44.0 Å². The zero-order chi connectivity index (χ0) is 22.4. The van der Waals surface area contributed by atoms with Crippen LogP contribution in [0.2, 0.25) is 0 Å². The molecule has 1 amide bonds. The molecule has 6 heteroatoms. The Morgan fingerprint density at radius 1 is 0.839 bits per heavy atom. The van der Waals surface area contributed by atoms with Crippen molar-refractivity contribution in [3.05, 3.63) is 95.6 Å². The van der Waals surface area contributed by atoms with Gasteiger partial charge in [0, 0.05) is 12.1 Å². The van der Waals surface area contributed by atoms with Crippen LogP contribution >= 0.6 is 0 Å². The predicted molar refractivity (Wildman–Crippen MR) is 124 cm³/mol. The summed E-state index contributed by atoms with van der Waals surface area (Å²) in [6.07, 6.45) is -0.0267. The second-order valence-corrected chi connectivity index (χ2v) is 9.64. The summed E-state index contributed by atoms with van der Waals surface area (Å²) in [6.45, 7) is 6.12. The summed E-state index contributed by atoms with van der Waals surface area (Å²) in [5, 5.41) is 2.87. The second kappa shape index (κ2) is 9.90. The molecule has 0 radical (unpaired) electrons. The van der Waals surface area contributed by atoms with Gasteiger partial charge in [-0.05, 0) is 48.2 Å². The number of anilines is 1. The summed E-state index contributed by atoms with van der Waals surface area (Å²) in [6, 6.07) is 22.8. The van der Waals surface area contributed by atoms with Gasteiger partial charge in [0.2, 0.25) is 15.9 Å². The molecular weight excluding hydrogens is 408 g/mol. The molecule has 31 heavy (non-hydrogen) atoms. The number of hydrogen-bond acceptors (Lipinski definition) is 3. The van der Waals surface area contributed by atoms with Crippen molar-refractivity contribution in [3.63, 3.8) is 0 Å². The quantitative estimate of drug-likeness (QED) is 0.512. The minimum absolute atomic E-state index is 0.0267. The standard InChI is InChI=1S/C25H28N2O3S/c1-18(2)20-11-13-22(14-12-20)26-25(28)17-24(21-7-5-4-6-8-21)27-31(29,30)23-15-9-19(3)10-16-23/h4-16,18,24,27H,17H2,1-3H3,(H,26,28)/t24-/m0/s1. The Balaban J connectivity index is 1.78. The molecule has 0 unspecified atom stereocenters. The lowest BCUT2D eigenvalue weighted by Gasteiger charge is -2.19. The summed E-state index contributed by atoms with van der Waals surface area (Å²) < 4.78 is 28.5. The van der Waals surface area contributed by atoms with E-state index in [9.17, 15) is 13.2 Å². The van der Waals surface area contributed by atoms with Gasteiger partial charge in [0.1, 0.15) is 0 Å². The van der Waals surface area contributed by atoms with Gasteiger partial charge < -0.3 is 5.32 Å². The minimum atomic E-state index is -3.79. The molecular formula is C25H28N2O3S. The van der Waals surface area contributed by atoms with Crippen LogP contribution in [-0.2, 0) is 14.8 Å². The van der Waals surface area contributed by atoms with Crippen molar-refractivity contribution in [1.29, 1.82) is 0 Å². The number of carbonyl (C=O) groups is 1. The molecule has 0 aliphatic rings. The first kappa shape index (κ1) is 22.7. The van der Waals surface area contributed by atoms with E-state index in [0.717, 1.165) is 11.1 Å². The maximum atomic E-state index is 12.9. The van der Waals surface area contributed by atoms with Gasteiger partial charge in [0.05, 0.1) is 10.9 Å². The number of benzene rings is 3. The van der Waals surface area contributed by atoms with Crippen molar-refractivity contribution in [1.82, 2.24) is 4.72 Å². The molecule has 0 bridgehead atoms. The summed E-state index contributed by atoms with van der Waals surface area (Å²) in [5.74, 6) is 0.140. The maximum absolute atomic E-state index is 12.9. The van der Waals surface area contributed by atoms with Crippen LogP contribution in [-0.4, -0.2) is 14.3 Å². The first-order chi connectivity index (χ1) is 14.7. The average Bonchev–Trinajstić information content (AvgIpc) is 2.74. The predicted octanol–water partition coefficient (Wildman–Crippen LogP) is 5.17. The fourth-order valence-electron chi connectivity index (χ4n) is 3.23. The molecule has 2 N–H and O–H groups in total. The number of rotatable bonds is 8. The zero-order valence-electron chi connectivity index (χ0n) is 18.0. The van der Waals surface area contributed by atoms with Crippen LogP contribution in [0.3, 0.4) is 0 Å². The van der Waals surface area contributed by atoms with E-state index in [-0.39, 0.29) is 17.2 Å². The van der Waals surface area contributed by atoms with E-state index in [1.165, 1.54) is 5.56 Å². The Bertz CT molecular complexity index is 1110. The van der Waals surface area contributed by atoms with Gasteiger partial charge in [-0.1, -0.05) is 74.0 Å². The largest absolute Gasteiger partial charge is 0.326 e. The monoisotopic (exact) mass is 436 g/mol. The van der Waals surface area contributed by atoms with E-state index in [1.54, 1.807) is 24.3 Å². The third-order valence-electron chi connectivity index (χ3n) is 5.08. The highest BCUT2D eigenvalue weighted by molar-refractivity contribution is 7.89. The first-order valence-corrected chi connectivity index (χ1v) is 11.8. The number of sulfonamides is 1. The molecule has 1 atom stereocenters. The number of amides is 1. The Labute approximate surface area is 184 Å². The molecule has 162 valence electrons. The van der Waals surface area contributed by atoms with Crippen LogP contribution in [0.25, 0.3) is 0 Å². The normalized spacial score (nSPS) is 12.5. The van der Waals surface area contributed by atoms with Crippen LogP contribution in [0, 0.1) is 6.92 Å². The Morgan fingerprint density at radius 3 is 2.03 bits per heavy atom. The summed E-state index contributed by atoms with van der Waals surface area (Å²) in [7, 11) is -3.79. The fourth-order valence-corrected chi connectivity index (χ4v) is 4.46. The molecule has 0 saturated heterocycles. The molecule has 0 spiro atoms. The number of carbonyl (C=O) groups excluding carboxylic acids is 1. The van der Waals surface area contributed by atoms with Crippen molar-refractivity contribution < 1.29 is 13.2 Å². The highest BCUT2D eigenvalue weighted by atomic mass is 32.2. The van der Waals surface area contributed by atoms with Crippen LogP contribution < -0.4 is 10.0 Å². The minimum Gasteiger partial charge on any atom is -0.326 e. The van der Waals surface area contributed by atoms with Gasteiger partial charge >= 0.3 is 0 Å². The average molecular weight is 437 g/mol. The van der Waals surface area contributed by atoms with E-state index in [4.69, 9.17) is 0 Å². The Hall–Kier alpha value is -2.96. The lowest BCUT2D eigenvalue weighted by atomic mass is 10.0. The van der Waals surface area contributed by atoms with E-state index >= 15 is 0 Å². The molecule has 3 aromatic rings. The molecule has 3 rings (SSSR count). The topological polar surface area (TPSA) is 75.3 Å². The van der Waals surface area contributed by atoms with Gasteiger partial charge in [-0.15, -0.1) is 0 Å². The highest BCUT2D eigenvalue weighted by Crippen LogP contribution is 2.22. The molecule has 0 heterocycles. The van der Waals surface area contributed by atoms with Gasteiger partial charge in [-0.25, -0.2) is 13.1 Å². The van der Waals surface area contributed by atoms with E-state index in [1.807, 2.05) is 61.5 Å². The van der Waals surface area contributed by atoms with Gasteiger partial charge in [0.25, 0.3) is 0 Å². The molecule has 0 aromatic heterocycles. The summed E-state index contributed by atoms with van der Waals surface area (Å²) in [4.78, 5) is 12.9. The SMILES string of the molecule is Cc1ccc(S(=O)(=O)N[C@@H](CC(=O)Nc2ccc(C(C)C)cc2)c2ccccc2)cc1. The van der Waals surface area contributed by atoms with Crippen molar-refractivity contribution >= 4 is 21.6 Å². The summed E-state index contributed by atoms with van der Waals surface area (Å²) >= 11 is 0. The van der Waals surface area contributed by atoms with Crippen LogP contribution in [0.5, 0.6) is 0 Å². The van der Waals surface area contributed by atoms with E-state index in [0.29, 0.717) is 11.6 Å². The second-order valence-electron chi connectivity index (χ2n) is 7.93. The number of hydrogen-bond donors (Lipinski definition) is 2. The van der Waals surface area contributed by atoms with Gasteiger partial charge in [-0.2, -0.15) is 0 Å². The summed E-state index contributed by atoms with van der Waals surface area (Å²) in [5.41, 5.74) is 3.57. The lowest BCUT2D eigenvalue weighted by Crippen LogP contribution is -2.31. The Kier molecular flexibility index (Phi) is 7.25. The highest BCUT2D eigenvalue weighted by Gasteiger charge is 2.23. The number of nitrogens with one attached hydrogen (secondary N) is 2. The molecule has 3 aromatic carbocycles. The van der Waals surface area contributed by atoms with E-state index in [2.05, 4.69) is 23.9 Å². The third-order valence-corrected chi connectivity index (χ3v) is 6.57. The van der Waals surface area contributed by atoms with E-state index < -0.39 is 16.1 Å². The van der Waals surface area contributed by atoms with Crippen molar-refractivity contribution in [2.24, 2.45) is 0 Å². The zero-order valence-corrected chi connectivity index (χ0v) is 18.8. The number of aryl methyl sites for hydroxylation is 1. The first-order valence-electron chi connectivity index (χ1n) is 10.3. The third kappa shape index (κ3) is 6.26. The van der Waals surface area contributed by atoms with Crippen LogP contribution in [0.4, 0.5) is 5.69 Å².